The van der Waals surface area contributed by atoms with E-state index in [0.29, 0.717) is 12.0 Å². The van der Waals surface area contributed by atoms with E-state index in [4.69, 9.17) is 4.74 Å². The summed E-state index contributed by atoms with van der Waals surface area (Å²) in [5.41, 5.74) is 0.0197. The van der Waals surface area contributed by atoms with Crippen LogP contribution in [0.25, 0.3) is 0 Å². The van der Waals surface area contributed by atoms with E-state index in [1.54, 1.807) is 20.0 Å². The van der Waals surface area contributed by atoms with Crippen molar-refractivity contribution in [1.29, 1.82) is 0 Å². The van der Waals surface area contributed by atoms with Crippen LogP contribution in [0.5, 0.6) is 0 Å². The molecule has 0 aromatic heterocycles. The topological polar surface area (TPSA) is 64.6 Å². The minimum Gasteiger partial charge on any atom is -0.466 e. The Hall–Kier alpha value is -1.52. The third-order valence-corrected chi connectivity index (χ3v) is 3.00. The molecule has 1 unspecified atom stereocenters. The number of ether oxygens (including phenoxy) is 2. The van der Waals surface area contributed by atoms with Gasteiger partial charge in [0.25, 0.3) is 0 Å². The molecule has 0 radical (unpaired) electrons. The zero-order chi connectivity index (χ0) is 13.9. The van der Waals surface area contributed by atoms with Gasteiger partial charge in [0.1, 0.15) is 0 Å². The van der Waals surface area contributed by atoms with Crippen LogP contribution in [-0.4, -0.2) is 30.7 Å². The van der Waals surface area contributed by atoms with Gasteiger partial charge in [-0.1, -0.05) is 0 Å². The van der Waals surface area contributed by atoms with Gasteiger partial charge in [-0.05, 0) is 34.1 Å². The van der Waals surface area contributed by atoms with E-state index >= 15 is 0 Å². The molecule has 0 aliphatic carbocycles. The van der Waals surface area contributed by atoms with Crippen molar-refractivity contribution in [2.24, 2.45) is 5.92 Å². The van der Waals surface area contributed by atoms with Gasteiger partial charge in [0.15, 0.2) is 0 Å². The second kappa shape index (κ2) is 5.42. The highest BCUT2D eigenvalue weighted by Crippen LogP contribution is 2.30. The number of hydrogen-bond donors (Lipinski definition) is 1. The van der Waals surface area contributed by atoms with Gasteiger partial charge in [-0.25, -0.2) is 4.79 Å². The van der Waals surface area contributed by atoms with Gasteiger partial charge in [-0.15, -0.1) is 0 Å². The summed E-state index contributed by atoms with van der Waals surface area (Å²) in [6.07, 6.45) is 1.78. The van der Waals surface area contributed by atoms with E-state index < -0.39 is 17.4 Å². The zero-order valence-corrected chi connectivity index (χ0v) is 11.6. The fraction of sp³-hybridized carbons (Fsp3) is 0.692. The van der Waals surface area contributed by atoms with Crippen molar-refractivity contribution >= 4 is 11.9 Å². The Morgan fingerprint density at radius 1 is 1.44 bits per heavy atom. The largest absolute Gasteiger partial charge is 0.466 e. The van der Waals surface area contributed by atoms with Gasteiger partial charge in [-0.2, -0.15) is 0 Å². The van der Waals surface area contributed by atoms with E-state index in [2.05, 4.69) is 10.1 Å². The Morgan fingerprint density at radius 3 is 2.56 bits per heavy atom. The maximum atomic E-state index is 12.0. The van der Waals surface area contributed by atoms with Gasteiger partial charge in [-0.3, -0.25) is 4.79 Å². The first-order valence-electron chi connectivity index (χ1n) is 6.03. The summed E-state index contributed by atoms with van der Waals surface area (Å²) in [5.74, 6) is -1.11. The summed E-state index contributed by atoms with van der Waals surface area (Å²) in [6.45, 7) is 7.42. The lowest BCUT2D eigenvalue weighted by molar-refractivity contribution is -0.155. The summed E-state index contributed by atoms with van der Waals surface area (Å²) in [7, 11) is 1.32. The number of methoxy groups -OCH3 is 1. The second-order valence-electron chi connectivity index (χ2n) is 5.27. The average Bonchev–Trinajstić information content (AvgIpc) is 2.26. The molecule has 0 aromatic carbocycles. The van der Waals surface area contributed by atoms with Gasteiger partial charge >= 0.3 is 11.9 Å². The fourth-order valence-electron chi connectivity index (χ4n) is 1.87. The molecule has 1 rings (SSSR count). The van der Waals surface area contributed by atoms with Crippen LogP contribution in [0.3, 0.4) is 0 Å². The highest BCUT2D eigenvalue weighted by atomic mass is 16.5. The lowest BCUT2D eigenvalue weighted by atomic mass is 9.80. The van der Waals surface area contributed by atoms with Gasteiger partial charge < -0.3 is 14.8 Å². The lowest BCUT2D eigenvalue weighted by Crippen LogP contribution is -2.51. The second-order valence-corrected chi connectivity index (χ2v) is 5.27. The Morgan fingerprint density at radius 2 is 2.06 bits per heavy atom. The molecule has 1 atom stereocenters. The Kier molecular flexibility index (Phi) is 4.38. The molecule has 0 saturated carbocycles. The summed E-state index contributed by atoms with van der Waals surface area (Å²) in [5, 5.41) is 3.06. The molecule has 0 fully saturated rings. The lowest BCUT2D eigenvalue weighted by Gasteiger charge is -2.37. The Labute approximate surface area is 108 Å². The van der Waals surface area contributed by atoms with E-state index in [-0.39, 0.29) is 12.1 Å². The molecule has 0 amide bonds. The van der Waals surface area contributed by atoms with Crippen molar-refractivity contribution in [2.45, 2.75) is 45.8 Å². The molecule has 0 bridgehead atoms. The summed E-state index contributed by atoms with van der Waals surface area (Å²) in [6, 6.07) is 0. The van der Waals surface area contributed by atoms with Crippen molar-refractivity contribution in [2.75, 3.05) is 7.11 Å². The first-order valence-corrected chi connectivity index (χ1v) is 6.03. The van der Waals surface area contributed by atoms with Crippen LogP contribution in [-0.2, 0) is 19.1 Å². The molecule has 0 aromatic rings. The standard InChI is InChI=1S/C13H21NO4/c1-8(2)18-12(16)10-6-9(11(15)17-5)7-14-13(10,3)4/h7-8,10,14H,6H2,1-5H3. The third kappa shape index (κ3) is 3.24. The van der Waals surface area contributed by atoms with Crippen LogP contribution >= 0.6 is 0 Å². The normalized spacial score (nSPS) is 21.9. The van der Waals surface area contributed by atoms with Crippen molar-refractivity contribution in [3.05, 3.63) is 11.8 Å². The molecule has 5 heteroatoms. The number of carbonyl (C=O) groups is 2. The quantitative estimate of drug-likeness (QED) is 0.772. The van der Waals surface area contributed by atoms with Crippen LogP contribution in [0.1, 0.15) is 34.1 Å². The molecule has 18 heavy (non-hydrogen) atoms. The van der Waals surface area contributed by atoms with E-state index in [1.165, 1.54) is 7.11 Å². The van der Waals surface area contributed by atoms with Gasteiger partial charge in [0.2, 0.25) is 0 Å². The highest BCUT2D eigenvalue weighted by molar-refractivity contribution is 5.90. The monoisotopic (exact) mass is 255 g/mol. The maximum Gasteiger partial charge on any atom is 0.335 e. The van der Waals surface area contributed by atoms with Crippen molar-refractivity contribution in [3.8, 4) is 0 Å². The predicted molar refractivity (Wildman–Crippen MR) is 66.6 cm³/mol. The fourth-order valence-corrected chi connectivity index (χ4v) is 1.87. The molecule has 0 spiro atoms. The number of carbonyl (C=O) groups excluding carboxylic acids is 2. The highest BCUT2D eigenvalue weighted by Gasteiger charge is 2.40. The molecule has 1 N–H and O–H groups in total. The Bertz CT molecular complexity index is 371. The number of hydrogen-bond acceptors (Lipinski definition) is 5. The van der Waals surface area contributed by atoms with Gasteiger partial charge in [0, 0.05) is 11.7 Å². The van der Waals surface area contributed by atoms with Gasteiger partial charge in [0.05, 0.1) is 24.7 Å². The number of nitrogens with one attached hydrogen (secondary N) is 1. The summed E-state index contributed by atoms with van der Waals surface area (Å²) < 4.78 is 9.90. The van der Waals surface area contributed by atoms with Crippen LogP contribution in [0, 0.1) is 5.92 Å². The van der Waals surface area contributed by atoms with E-state index in [1.807, 2.05) is 13.8 Å². The number of esters is 2. The van der Waals surface area contributed by atoms with E-state index in [0.717, 1.165) is 0 Å². The zero-order valence-electron chi connectivity index (χ0n) is 11.6. The molecule has 1 heterocycles. The van der Waals surface area contributed by atoms with Crippen LogP contribution in [0.2, 0.25) is 0 Å². The molecule has 5 nitrogen and oxygen atoms in total. The SMILES string of the molecule is COC(=O)C1=CNC(C)(C)C(C(=O)OC(C)C)C1. The van der Waals surface area contributed by atoms with Crippen LogP contribution in [0.4, 0.5) is 0 Å². The predicted octanol–water partition coefficient (Wildman–Crippen LogP) is 1.38. The molecular weight excluding hydrogens is 234 g/mol. The Balaban J connectivity index is 2.86. The summed E-state index contributed by atoms with van der Waals surface area (Å²) >= 11 is 0. The maximum absolute atomic E-state index is 12.0. The van der Waals surface area contributed by atoms with Crippen molar-refractivity contribution in [1.82, 2.24) is 5.32 Å². The smallest absolute Gasteiger partial charge is 0.335 e. The van der Waals surface area contributed by atoms with E-state index in [9.17, 15) is 9.59 Å². The molecular formula is C13H21NO4. The van der Waals surface area contributed by atoms with Crippen molar-refractivity contribution in [3.63, 3.8) is 0 Å². The van der Waals surface area contributed by atoms with Crippen molar-refractivity contribution < 1.29 is 19.1 Å². The minimum atomic E-state index is -0.441. The molecule has 1 aliphatic rings. The molecule has 102 valence electrons. The minimum absolute atomic E-state index is 0.166. The number of rotatable bonds is 3. The first kappa shape index (κ1) is 14.5. The van der Waals surface area contributed by atoms with Crippen LogP contribution < -0.4 is 5.32 Å². The third-order valence-electron chi connectivity index (χ3n) is 3.00. The first-order chi connectivity index (χ1) is 8.27. The molecule has 0 saturated heterocycles. The summed E-state index contributed by atoms with van der Waals surface area (Å²) in [4.78, 5) is 23.5. The average molecular weight is 255 g/mol. The molecule has 1 aliphatic heterocycles. The van der Waals surface area contributed by atoms with Crippen LogP contribution in [0.15, 0.2) is 11.8 Å².